The van der Waals surface area contributed by atoms with E-state index in [1.165, 1.54) is 16.3 Å². The molecule has 0 amide bonds. The summed E-state index contributed by atoms with van der Waals surface area (Å²) < 4.78 is 0. The van der Waals surface area contributed by atoms with Crippen LogP contribution in [0.1, 0.15) is 25.5 Å². The van der Waals surface area contributed by atoms with E-state index in [0.29, 0.717) is 5.92 Å². The van der Waals surface area contributed by atoms with Gasteiger partial charge in [0.1, 0.15) is 0 Å². The molecule has 1 unspecified atom stereocenters. The van der Waals surface area contributed by atoms with Gasteiger partial charge in [0, 0.05) is 0 Å². The highest BCUT2D eigenvalue weighted by molar-refractivity contribution is 5.86. The zero-order chi connectivity index (χ0) is 13.0. The third-order valence-electron chi connectivity index (χ3n) is 3.15. The van der Waals surface area contributed by atoms with Crippen molar-refractivity contribution < 1.29 is 5.11 Å². The number of aliphatic hydroxyl groups is 1. The fourth-order valence-corrected chi connectivity index (χ4v) is 2.21. The molecule has 0 saturated heterocycles. The Morgan fingerprint density at radius 1 is 1.06 bits per heavy atom. The molecule has 2 aromatic carbocycles. The molecular formula is C16H21NO. The molecule has 0 radical (unpaired) electrons. The van der Waals surface area contributed by atoms with E-state index >= 15 is 0 Å². The first-order chi connectivity index (χ1) is 8.72. The normalized spacial score (nSPS) is 13.1. The van der Waals surface area contributed by atoms with Crippen LogP contribution in [0.5, 0.6) is 0 Å². The van der Waals surface area contributed by atoms with Crippen LogP contribution in [-0.2, 0) is 0 Å². The second-order valence-electron chi connectivity index (χ2n) is 5.11. The monoisotopic (exact) mass is 243 g/mol. The summed E-state index contributed by atoms with van der Waals surface area (Å²) in [4.78, 5) is 0. The molecule has 2 rings (SSSR count). The van der Waals surface area contributed by atoms with Crippen molar-refractivity contribution >= 4 is 10.8 Å². The first kappa shape index (κ1) is 13.1. The van der Waals surface area contributed by atoms with Crippen LogP contribution in [0, 0.1) is 5.92 Å². The van der Waals surface area contributed by atoms with Crippen molar-refractivity contribution in [2.75, 3.05) is 13.2 Å². The number of fused-ring (bicyclic) bond motifs is 1. The molecule has 0 heterocycles. The van der Waals surface area contributed by atoms with Gasteiger partial charge in [0.25, 0.3) is 0 Å². The molecule has 0 aromatic heterocycles. The van der Waals surface area contributed by atoms with E-state index in [2.05, 4.69) is 49.5 Å². The van der Waals surface area contributed by atoms with Crippen molar-refractivity contribution in [3.63, 3.8) is 0 Å². The summed E-state index contributed by atoms with van der Waals surface area (Å²) >= 11 is 0. The Morgan fingerprint density at radius 3 is 2.50 bits per heavy atom. The van der Waals surface area contributed by atoms with Crippen LogP contribution >= 0.6 is 0 Å². The van der Waals surface area contributed by atoms with Crippen molar-refractivity contribution in [3.8, 4) is 0 Å². The lowest BCUT2D eigenvalue weighted by molar-refractivity contribution is 0.241. The minimum absolute atomic E-state index is 0.0125. The molecule has 0 aliphatic rings. The zero-order valence-corrected chi connectivity index (χ0v) is 11.1. The molecule has 1 atom stereocenters. The Bertz CT molecular complexity index is 502. The molecule has 0 aliphatic heterocycles. The molecule has 0 saturated carbocycles. The van der Waals surface area contributed by atoms with E-state index in [-0.39, 0.29) is 12.6 Å². The summed E-state index contributed by atoms with van der Waals surface area (Å²) in [6.07, 6.45) is 0. The van der Waals surface area contributed by atoms with E-state index in [9.17, 15) is 5.11 Å². The molecule has 0 fully saturated rings. The molecule has 2 aromatic rings. The zero-order valence-electron chi connectivity index (χ0n) is 11.1. The van der Waals surface area contributed by atoms with Gasteiger partial charge in [-0.3, -0.25) is 0 Å². The third-order valence-corrected chi connectivity index (χ3v) is 3.15. The van der Waals surface area contributed by atoms with Crippen molar-refractivity contribution in [3.05, 3.63) is 48.0 Å². The average molecular weight is 243 g/mol. The van der Waals surface area contributed by atoms with Crippen LogP contribution in [-0.4, -0.2) is 18.3 Å². The predicted molar refractivity (Wildman–Crippen MR) is 76.6 cm³/mol. The maximum atomic E-state index is 9.59. The number of benzene rings is 2. The van der Waals surface area contributed by atoms with Crippen LogP contribution in [0.15, 0.2) is 42.5 Å². The van der Waals surface area contributed by atoms with Gasteiger partial charge in [0.2, 0.25) is 0 Å². The average Bonchev–Trinajstić information content (AvgIpc) is 2.39. The quantitative estimate of drug-likeness (QED) is 0.845. The molecule has 0 aliphatic carbocycles. The van der Waals surface area contributed by atoms with E-state index in [4.69, 9.17) is 0 Å². The number of aliphatic hydroxyl groups excluding tert-OH is 1. The van der Waals surface area contributed by atoms with Gasteiger partial charge in [-0.25, -0.2) is 0 Å². The first-order valence-corrected chi connectivity index (χ1v) is 6.54. The summed E-state index contributed by atoms with van der Waals surface area (Å²) in [7, 11) is 0. The summed E-state index contributed by atoms with van der Waals surface area (Å²) in [5.74, 6) is 0.578. The number of hydrogen-bond acceptors (Lipinski definition) is 2. The molecule has 2 nitrogen and oxygen atoms in total. The molecule has 0 bridgehead atoms. The smallest absolute Gasteiger partial charge is 0.0626 e. The largest absolute Gasteiger partial charge is 0.394 e. The van der Waals surface area contributed by atoms with Crippen LogP contribution in [0.4, 0.5) is 0 Å². The van der Waals surface area contributed by atoms with Gasteiger partial charge in [-0.05, 0) is 28.8 Å². The van der Waals surface area contributed by atoms with Crippen LogP contribution in [0.3, 0.4) is 0 Å². The highest BCUT2D eigenvalue weighted by Gasteiger charge is 2.12. The molecule has 18 heavy (non-hydrogen) atoms. The number of hydrogen-bond donors (Lipinski definition) is 2. The summed E-state index contributed by atoms with van der Waals surface area (Å²) in [5.41, 5.74) is 1.18. The fourth-order valence-electron chi connectivity index (χ4n) is 2.21. The number of rotatable bonds is 5. The third kappa shape index (κ3) is 2.89. The highest BCUT2D eigenvalue weighted by atomic mass is 16.3. The van der Waals surface area contributed by atoms with E-state index in [0.717, 1.165) is 6.54 Å². The van der Waals surface area contributed by atoms with Gasteiger partial charge >= 0.3 is 0 Å². The van der Waals surface area contributed by atoms with Crippen molar-refractivity contribution in [2.24, 2.45) is 5.92 Å². The molecule has 2 N–H and O–H groups in total. The predicted octanol–water partition coefficient (Wildman–Crippen LogP) is 3.12. The van der Waals surface area contributed by atoms with E-state index < -0.39 is 0 Å². The Morgan fingerprint density at radius 2 is 1.78 bits per heavy atom. The van der Waals surface area contributed by atoms with Crippen molar-refractivity contribution in [1.29, 1.82) is 0 Å². The van der Waals surface area contributed by atoms with Crippen LogP contribution in [0.2, 0.25) is 0 Å². The highest BCUT2D eigenvalue weighted by Crippen LogP contribution is 2.24. The molecular weight excluding hydrogens is 222 g/mol. The molecule has 96 valence electrons. The van der Waals surface area contributed by atoms with Crippen molar-refractivity contribution in [2.45, 2.75) is 19.9 Å². The lowest BCUT2D eigenvalue weighted by Gasteiger charge is -2.20. The van der Waals surface area contributed by atoms with Crippen LogP contribution < -0.4 is 5.32 Å². The minimum atomic E-state index is 0.0125. The molecule has 0 spiro atoms. The lowest BCUT2D eigenvalue weighted by Crippen LogP contribution is -2.28. The Labute approximate surface area is 109 Å². The topological polar surface area (TPSA) is 32.3 Å². The minimum Gasteiger partial charge on any atom is -0.394 e. The van der Waals surface area contributed by atoms with Gasteiger partial charge < -0.3 is 10.4 Å². The lowest BCUT2D eigenvalue weighted by atomic mass is 9.99. The summed E-state index contributed by atoms with van der Waals surface area (Å²) in [6, 6.07) is 14.6. The summed E-state index contributed by atoms with van der Waals surface area (Å²) in [6.45, 7) is 5.38. The first-order valence-electron chi connectivity index (χ1n) is 6.54. The second-order valence-corrected chi connectivity index (χ2v) is 5.11. The van der Waals surface area contributed by atoms with Gasteiger partial charge in [-0.2, -0.15) is 0 Å². The van der Waals surface area contributed by atoms with Gasteiger partial charge in [0.15, 0.2) is 0 Å². The standard InChI is InChI=1S/C16H21NO/c1-12(2)10-17-16(11-18)15-9-5-7-13-6-3-4-8-14(13)15/h3-9,12,16-18H,10-11H2,1-2H3. The SMILES string of the molecule is CC(C)CNC(CO)c1cccc2ccccc12. The van der Waals surface area contributed by atoms with Crippen LogP contribution in [0.25, 0.3) is 10.8 Å². The Hall–Kier alpha value is -1.38. The van der Waals surface area contributed by atoms with E-state index in [1.807, 2.05) is 12.1 Å². The Kier molecular flexibility index (Phi) is 4.34. The fraction of sp³-hybridized carbons (Fsp3) is 0.375. The second kappa shape index (κ2) is 5.98. The number of nitrogens with one attached hydrogen (secondary N) is 1. The Balaban J connectivity index is 2.32. The van der Waals surface area contributed by atoms with Crippen molar-refractivity contribution in [1.82, 2.24) is 5.32 Å². The van der Waals surface area contributed by atoms with Gasteiger partial charge in [-0.1, -0.05) is 56.3 Å². The van der Waals surface area contributed by atoms with Gasteiger partial charge in [0.05, 0.1) is 12.6 Å². The summed E-state index contributed by atoms with van der Waals surface area (Å²) in [5, 5.41) is 15.5. The van der Waals surface area contributed by atoms with Gasteiger partial charge in [-0.15, -0.1) is 0 Å². The maximum absolute atomic E-state index is 9.59. The van der Waals surface area contributed by atoms with E-state index in [1.54, 1.807) is 0 Å². The molecule has 2 heteroatoms. The maximum Gasteiger partial charge on any atom is 0.0626 e.